The van der Waals surface area contributed by atoms with Crippen LogP contribution in [-0.4, -0.2) is 24.3 Å². The van der Waals surface area contributed by atoms with E-state index in [0.717, 1.165) is 5.69 Å². The first kappa shape index (κ1) is 9.86. The zero-order valence-electron chi connectivity index (χ0n) is 8.22. The first-order valence-corrected chi connectivity index (χ1v) is 4.79. The van der Waals surface area contributed by atoms with Crippen molar-refractivity contribution >= 4 is 17.9 Å². The van der Waals surface area contributed by atoms with Crippen molar-refractivity contribution in [1.82, 2.24) is 0 Å². The second-order valence-electron chi connectivity index (χ2n) is 3.70. The fraction of sp³-hybridized carbons (Fsp3) is 0.273. The summed E-state index contributed by atoms with van der Waals surface area (Å²) in [7, 11) is 0. The van der Waals surface area contributed by atoms with E-state index in [1.54, 1.807) is 4.90 Å². The van der Waals surface area contributed by atoms with Crippen molar-refractivity contribution in [3.8, 4) is 0 Å². The summed E-state index contributed by atoms with van der Waals surface area (Å²) in [4.78, 5) is 24.1. The molecule has 1 atom stereocenters. The summed E-state index contributed by atoms with van der Waals surface area (Å²) in [5.74, 6) is -0.316. The van der Waals surface area contributed by atoms with E-state index < -0.39 is 5.54 Å². The number of aldehydes is 1. The number of nitrogens with zero attached hydrogens (tertiary/aromatic N) is 1. The summed E-state index contributed by atoms with van der Waals surface area (Å²) in [6.45, 7) is 0.498. The number of benzene rings is 1. The molecule has 2 rings (SSSR count). The Morgan fingerprint density at radius 1 is 1.33 bits per heavy atom. The monoisotopic (exact) mass is 204 g/mol. The van der Waals surface area contributed by atoms with Crippen LogP contribution in [0.5, 0.6) is 0 Å². The van der Waals surface area contributed by atoms with E-state index in [-0.39, 0.29) is 5.91 Å². The van der Waals surface area contributed by atoms with Crippen LogP contribution >= 0.6 is 0 Å². The molecule has 4 nitrogen and oxygen atoms in total. The van der Waals surface area contributed by atoms with Crippen LogP contribution in [0.3, 0.4) is 0 Å². The molecule has 1 unspecified atom stereocenters. The van der Waals surface area contributed by atoms with Crippen LogP contribution in [0, 0.1) is 0 Å². The minimum absolute atomic E-state index is 0.316. The predicted octanol–water partition coefficient (Wildman–Crippen LogP) is 0.320. The Kier molecular flexibility index (Phi) is 2.28. The van der Waals surface area contributed by atoms with Crippen LogP contribution in [-0.2, 0) is 9.59 Å². The minimum atomic E-state index is -1.32. The van der Waals surface area contributed by atoms with Crippen LogP contribution in [0.15, 0.2) is 30.3 Å². The van der Waals surface area contributed by atoms with E-state index in [1.165, 1.54) is 0 Å². The number of carbonyl (C=O) groups excluding carboxylic acids is 2. The quantitative estimate of drug-likeness (QED) is 0.557. The molecule has 2 N–H and O–H groups in total. The van der Waals surface area contributed by atoms with Gasteiger partial charge in [-0.15, -0.1) is 0 Å². The molecule has 0 aromatic heterocycles. The van der Waals surface area contributed by atoms with Gasteiger partial charge in [0, 0.05) is 12.2 Å². The van der Waals surface area contributed by atoms with Gasteiger partial charge in [-0.3, -0.25) is 4.79 Å². The first-order valence-electron chi connectivity index (χ1n) is 4.79. The fourth-order valence-corrected chi connectivity index (χ4v) is 1.72. The smallest absolute Gasteiger partial charge is 0.254 e. The van der Waals surface area contributed by atoms with Gasteiger partial charge in [-0.05, 0) is 18.6 Å². The molecule has 0 aliphatic carbocycles. The van der Waals surface area contributed by atoms with Crippen molar-refractivity contribution in [2.45, 2.75) is 12.0 Å². The summed E-state index contributed by atoms with van der Waals surface area (Å²) < 4.78 is 0. The number of anilines is 1. The molecule has 0 saturated carbocycles. The molecule has 0 radical (unpaired) electrons. The lowest BCUT2D eigenvalue weighted by Gasteiger charge is -2.18. The molecule has 0 bridgehead atoms. The molecular weight excluding hydrogens is 192 g/mol. The molecule has 1 aromatic rings. The molecule has 0 spiro atoms. The van der Waals surface area contributed by atoms with Crippen LogP contribution in [0.25, 0.3) is 0 Å². The Hall–Kier alpha value is -1.68. The van der Waals surface area contributed by atoms with Gasteiger partial charge in [0.1, 0.15) is 6.29 Å². The van der Waals surface area contributed by atoms with Crippen molar-refractivity contribution < 1.29 is 9.59 Å². The number of nitrogens with two attached hydrogens (primary N) is 1. The molecule has 1 saturated heterocycles. The number of rotatable bonds is 2. The van der Waals surface area contributed by atoms with Gasteiger partial charge < -0.3 is 15.4 Å². The Morgan fingerprint density at radius 3 is 2.53 bits per heavy atom. The van der Waals surface area contributed by atoms with Crippen molar-refractivity contribution in [1.29, 1.82) is 0 Å². The van der Waals surface area contributed by atoms with E-state index in [9.17, 15) is 9.59 Å². The third-order valence-electron chi connectivity index (χ3n) is 2.67. The third-order valence-corrected chi connectivity index (χ3v) is 2.67. The van der Waals surface area contributed by atoms with E-state index in [2.05, 4.69) is 0 Å². The highest BCUT2D eigenvalue weighted by Crippen LogP contribution is 2.24. The maximum atomic E-state index is 11.8. The molecule has 1 fully saturated rings. The highest BCUT2D eigenvalue weighted by Gasteiger charge is 2.43. The minimum Gasteiger partial charge on any atom is -0.311 e. The number of amides is 1. The number of carbonyl (C=O) groups is 2. The Bertz CT molecular complexity index is 391. The second kappa shape index (κ2) is 3.47. The molecule has 1 heterocycles. The molecule has 15 heavy (non-hydrogen) atoms. The first-order chi connectivity index (χ1) is 7.17. The summed E-state index contributed by atoms with van der Waals surface area (Å²) >= 11 is 0. The number of hydrogen-bond donors (Lipinski definition) is 1. The molecule has 4 heteroatoms. The topological polar surface area (TPSA) is 63.4 Å². The molecular formula is C11H12N2O2. The third kappa shape index (κ3) is 1.53. The van der Waals surface area contributed by atoms with Gasteiger partial charge in [0.2, 0.25) is 0 Å². The average molecular weight is 204 g/mol. The number of para-hydroxylation sites is 1. The van der Waals surface area contributed by atoms with Crippen LogP contribution in [0.1, 0.15) is 6.42 Å². The number of hydrogen-bond acceptors (Lipinski definition) is 3. The summed E-state index contributed by atoms with van der Waals surface area (Å²) in [5, 5.41) is 0. The van der Waals surface area contributed by atoms with Gasteiger partial charge in [0.15, 0.2) is 5.54 Å². The van der Waals surface area contributed by atoms with Crippen LogP contribution in [0.4, 0.5) is 5.69 Å². The molecule has 1 aromatic carbocycles. The second-order valence-corrected chi connectivity index (χ2v) is 3.70. The summed E-state index contributed by atoms with van der Waals surface area (Å²) in [5.41, 5.74) is 5.14. The Morgan fingerprint density at radius 2 is 2.00 bits per heavy atom. The molecule has 1 amide bonds. The molecule has 1 aliphatic heterocycles. The zero-order chi connectivity index (χ0) is 10.9. The van der Waals surface area contributed by atoms with Crippen molar-refractivity contribution in [3.05, 3.63) is 30.3 Å². The molecule has 1 aliphatic rings. The van der Waals surface area contributed by atoms with E-state index in [4.69, 9.17) is 5.73 Å². The van der Waals surface area contributed by atoms with E-state index in [0.29, 0.717) is 19.3 Å². The SMILES string of the molecule is NC1(C=O)CCN(c2ccccc2)C1=O. The van der Waals surface area contributed by atoms with Gasteiger partial charge >= 0.3 is 0 Å². The maximum absolute atomic E-state index is 11.8. The van der Waals surface area contributed by atoms with E-state index in [1.807, 2.05) is 30.3 Å². The maximum Gasteiger partial charge on any atom is 0.254 e. The fourth-order valence-electron chi connectivity index (χ4n) is 1.72. The highest BCUT2D eigenvalue weighted by atomic mass is 16.2. The lowest BCUT2D eigenvalue weighted by molar-refractivity contribution is -0.126. The van der Waals surface area contributed by atoms with Gasteiger partial charge in [-0.25, -0.2) is 0 Å². The predicted molar refractivity (Wildman–Crippen MR) is 56.4 cm³/mol. The highest BCUT2D eigenvalue weighted by molar-refractivity contribution is 6.12. The normalized spacial score (nSPS) is 25.7. The van der Waals surface area contributed by atoms with Crippen molar-refractivity contribution in [2.24, 2.45) is 5.73 Å². The van der Waals surface area contributed by atoms with Gasteiger partial charge in [-0.2, -0.15) is 0 Å². The van der Waals surface area contributed by atoms with Crippen molar-refractivity contribution in [2.75, 3.05) is 11.4 Å². The Balaban J connectivity index is 2.29. The lowest BCUT2D eigenvalue weighted by Crippen LogP contribution is -2.49. The Labute approximate surface area is 87.7 Å². The van der Waals surface area contributed by atoms with Gasteiger partial charge in [0.25, 0.3) is 5.91 Å². The summed E-state index contributed by atoms with van der Waals surface area (Å²) in [6, 6.07) is 9.22. The lowest BCUT2D eigenvalue weighted by atomic mass is 10.0. The van der Waals surface area contributed by atoms with Crippen LogP contribution in [0.2, 0.25) is 0 Å². The zero-order valence-corrected chi connectivity index (χ0v) is 8.22. The van der Waals surface area contributed by atoms with Gasteiger partial charge in [0.05, 0.1) is 0 Å². The summed E-state index contributed by atoms with van der Waals surface area (Å²) in [6.07, 6.45) is 0.919. The average Bonchev–Trinajstić information content (AvgIpc) is 2.58. The standard InChI is InChI=1S/C11H12N2O2/c12-11(8-14)6-7-13(10(11)15)9-4-2-1-3-5-9/h1-5,8H,6-7,12H2. The largest absolute Gasteiger partial charge is 0.311 e. The van der Waals surface area contributed by atoms with Crippen molar-refractivity contribution in [3.63, 3.8) is 0 Å². The molecule has 78 valence electrons. The van der Waals surface area contributed by atoms with Crippen LogP contribution < -0.4 is 10.6 Å². The van der Waals surface area contributed by atoms with Gasteiger partial charge in [-0.1, -0.05) is 18.2 Å². The van der Waals surface area contributed by atoms with E-state index >= 15 is 0 Å².